The average molecular weight is 328 g/mol. The molecule has 1 nitrogen and oxygen atoms in total. The van der Waals surface area contributed by atoms with Gasteiger partial charge in [-0.2, -0.15) is 0 Å². The molecule has 2 unspecified atom stereocenters. The molecule has 0 aromatic carbocycles. The van der Waals surface area contributed by atoms with Crippen molar-refractivity contribution in [2.75, 3.05) is 4.43 Å². The fourth-order valence-electron chi connectivity index (χ4n) is 0.883. The fraction of sp³-hybridized carbons (Fsp3) is 1.00. The summed E-state index contributed by atoms with van der Waals surface area (Å²) in [4.78, 5) is 0. The van der Waals surface area contributed by atoms with Gasteiger partial charge in [0.15, 0.2) is 8.32 Å². The van der Waals surface area contributed by atoms with Crippen molar-refractivity contribution in [2.45, 2.75) is 58.9 Å². The molecule has 0 aliphatic rings. The summed E-state index contributed by atoms with van der Waals surface area (Å²) in [7, 11) is -1.55. The van der Waals surface area contributed by atoms with E-state index in [1.54, 1.807) is 0 Å². The number of hydrogen-bond donors (Lipinski definition) is 0. The predicted octanol–water partition coefficient (Wildman–Crippen LogP) is 4.47. The maximum Gasteiger partial charge on any atom is 0.192 e. The van der Waals surface area contributed by atoms with Crippen molar-refractivity contribution in [2.24, 2.45) is 5.92 Å². The molecule has 0 aliphatic heterocycles. The van der Waals surface area contributed by atoms with E-state index in [9.17, 15) is 0 Å². The number of rotatable bonds is 4. The first-order chi connectivity index (χ1) is 6.12. The zero-order valence-electron chi connectivity index (χ0n) is 10.6. The van der Waals surface area contributed by atoms with Gasteiger partial charge in [0.25, 0.3) is 0 Å². The molecule has 14 heavy (non-hydrogen) atoms. The molecule has 0 aliphatic carbocycles. The Morgan fingerprint density at radius 1 is 1.21 bits per heavy atom. The Kier molecular flexibility index (Phi) is 5.64. The second-order valence-electron chi connectivity index (χ2n) is 5.71. The van der Waals surface area contributed by atoms with Gasteiger partial charge in [-0.25, -0.2) is 0 Å². The highest BCUT2D eigenvalue weighted by Crippen LogP contribution is 2.38. The van der Waals surface area contributed by atoms with E-state index in [4.69, 9.17) is 4.43 Å². The second kappa shape index (κ2) is 5.30. The van der Waals surface area contributed by atoms with Gasteiger partial charge < -0.3 is 4.43 Å². The molecule has 0 radical (unpaired) electrons. The van der Waals surface area contributed by atoms with E-state index in [0.29, 0.717) is 17.1 Å². The van der Waals surface area contributed by atoms with Crippen molar-refractivity contribution in [1.29, 1.82) is 0 Å². The zero-order valence-corrected chi connectivity index (χ0v) is 13.8. The lowest BCUT2D eigenvalue weighted by molar-refractivity contribution is 0.155. The van der Waals surface area contributed by atoms with E-state index in [2.05, 4.69) is 70.3 Å². The molecule has 0 saturated carbocycles. The second-order valence-corrected chi connectivity index (χ2v) is 11.4. The molecule has 0 aromatic rings. The van der Waals surface area contributed by atoms with E-state index < -0.39 is 8.32 Å². The Balaban J connectivity index is 4.36. The van der Waals surface area contributed by atoms with Crippen molar-refractivity contribution in [3.63, 3.8) is 0 Å². The van der Waals surface area contributed by atoms with Crippen molar-refractivity contribution in [3.8, 4) is 0 Å². The van der Waals surface area contributed by atoms with Gasteiger partial charge in [0.2, 0.25) is 0 Å². The highest BCUT2D eigenvalue weighted by molar-refractivity contribution is 14.1. The van der Waals surface area contributed by atoms with Crippen LogP contribution in [0.25, 0.3) is 0 Å². The van der Waals surface area contributed by atoms with Crippen LogP contribution in [0, 0.1) is 5.92 Å². The lowest BCUT2D eigenvalue weighted by atomic mass is 10.1. The maximum atomic E-state index is 6.29. The monoisotopic (exact) mass is 328 g/mol. The fourth-order valence-corrected chi connectivity index (χ4v) is 3.11. The summed E-state index contributed by atoms with van der Waals surface area (Å²) < 4.78 is 7.46. The third kappa shape index (κ3) is 4.19. The van der Waals surface area contributed by atoms with Gasteiger partial charge in [0, 0.05) is 10.5 Å². The Hall–Kier alpha value is 0.907. The molecule has 0 spiro atoms. The van der Waals surface area contributed by atoms with Crippen LogP contribution in [0.4, 0.5) is 0 Å². The summed E-state index contributed by atoms with van der Waals surface area (Å²) in [5, 5.41) is 0.326. The molecule has 0 bridgehead atoms. The van der Waals surface area contributed by atoms with Crippen LogP contribution in [0.5, 0.6) is 0 Å². The highest BCUT2D eigenvalue weighted by Gasteiger charge is 2.38. The molecule has 0 amide bonds. The molecular formula is C11H25IOSi. The SMILES string of the molecule is CC(CI)C(C)O[Si](C)(C)C(C)(C)C. The first kappa shape index (κ1) is 14.9. The number of hydrogen-bond acceptors (Lipinski definition) is 1. The normalized spacial score (nSPS) is 18.0. The van der Waals surface area contributed by atoms with Crippen LogP contribution < -0.4 is 0 Å². The molecule has 0 saturated heterocycles. The minimum Gasteiger partial charge on any atom is -0.414 e. The van der Waals surface area contributed by atoms with Crippen molar-refractivity contribution >= 4 is 30.9 Å². The van der Waals surface area contributed by atoms with Gasteiger partial charge in [0.05, 0.1) is 0 Å². The summed E-state index contributed by atoms with van der Waals surface area (Å²) >= 11 is 2.44. The van der Waals surface area contributed by atoms with Gasteiger partial charge >= 0.3 is 0 Å². The molecular weight excluding hydrogens is 303 g/mol. The van der Waals surface area contributed by atoms with E-state index in [0.717, 1.165) is 0 Å². The van der Waals surface area contributed by atoms with Gasteiger partial charge in [0.1, 0.15) is 0 Å². The van der Waals surface area contributed by atoms with E-state index in [1.165, 1.54) is 4.43 Å². The van der Waals surface area contributed by atoms with E-state index in [-0.39, 0.29) is 0 Å². The van der Waals surface area contributed by atoms with Crippen LogP contribution in [0.15, 0.2) is 0 Å². The molecule has 2 atom stereocenters. The molecule has 0 rings (SSSR count). The third-order valence-electron chi connectivity index (χ3n) is 3.33. The quantitative estimate of drug-likeness (QED) is 0.420. The topological polar surface area (TPSA) is 9.23 Å². The summed E-state index contributed by atoms with van der Waals surface area (Å²) in [5.41, 5.74) is 0. The van der Waals surface area contributed by atoms with E-state index >= 15 is 0 Å². The molecule has 3 heteroatoms. The molecule has 86 valence electrons. The Labute approximate surface area is 104 Å². The van der Waals surface area contributed by atoms with Gasteiger partial charge in [-0.15, -0.1) is 0 Å². The Morgan fingerprint density at radius 2 is 1.64 bits per heavy atom. The van der Waals surface area contributed by atoms with Crippen LogP contribution >= 0.6 is 22.6 Å². The minimum atomic E-state index is -1.55. The van der Waals surface area contributed by atoms with Crippen LogP contribution in [-0.4, -0.2) is 18.8 Å². The largest absolute Gasteiger partial charge is 0.414 e. The lowest BCUT2D eigenvalue weighted by Crippen LogP contribution is -2.44. The molecule has 0 N–H and O–H groups in total. The number of halogens is 1. The first-order valence-electron chi connectivity index (χ1n) is 5.35. The highest BCUT2D eigenvalue weighted by atomic mass is 127. The minimum absolute atomic E-state index is 0.326. The summed E-state index contributed by atoms with van der Waals surface area (Å²) in [6, 6.07) is 0. The average Bonchev–Trinajstić information content (AvgIpc) is 2.00. The third-order valence-corrected chi connectivity index (χ3v) is 9.29. The zero-order chi connectivity index (χ0) is 11.6. The van der Waals surface area contributed by atoms with Gasteiger partial charge in [-0.05, 0) is 31.0 Å². The standard InChI is InChI=1S/C11H25IOSi/c1-9(8-12)10(2)13-14(6,7)11(3,4)5/h9-10H,8H2,1-7H3. The molecule has 0 fully saturated rings. The van der Waals surface area contributed by atoms with Crippen LogP contribution in [0.2, 0.25) is 18.1 Å². The smallest absolute Gasteiger partial charge is 0.192 e. The Morgan fingerprint density at radius 3 is 1.93 bits per heavy atom. The van der Waals surface area contributed by atoms with E-state index in [1.807, 2.05) is 0 Å². The molecule has 0 heterocycles. The predicted molar refractivity (Wildman–Crippen MR) is 75.8 cm³/mol. The lowest BCUT2D eigenvalue weighted by Gasteiger charge is -2.39. The maximum absolute atomic E-state index is 6.29. The van der Waals surface area contributed by atoms with Gasteiger partial charge in [-0.3, -0.25) is 0 Å². The Bertz CT molecular complexity index is 175. The van der Waals surface area contributed by atoms with Crippen LogP contribution in [0.1, 0.15) is 34.6 Å². The summed E-state index contributed by atoms with van der Waals surface area (Å²) in [6.07, 6.45) is 0.396. The summed E-state index contributed by atoms with van der Waals surface area (Å²) in [5.74, 6) is 0.657. The summed E-state index contributed by atoms with van der Waals surface area (Å²) in [6.45, 7) is 16.0. The van der Waals surface area contributed by atoms with Crippen LogP contribution in [0.3, 0.4) is 0 Å². The van der Waals surface area contributed by atoms with Crippen molar-refractivity contribution in [3.05, 3.63) is 0 Å². The van der Waals surface area contributed by atoms with Crippen LogP contribution in [-0.2, 0) is 4.43 Å². The first-order valence-corrected chi connectivity index (χ1v) is 9.79. The van der Waals surface area contributed by atoms with Gasteiger partial charge in [-0.1, -0.05) is 50.3 Å². The van der Waals surface area contributed by atoms with Crippen molar-refractivity contribution in [1.82, 2.24) is 0 Å². The molecule has 0 aromatic heterocycles. The number of alkyl halides is 1. The van der Waals surface area contributed by atoms with Crippen molar-refractivity contribution < 1.29 is 4.43 Å².